The van der Waals surface area contributed by atoms with E-state index in [0.29, 0.717) is 0 Å². The van der Waals surface area contributed by atoms with Crippen LogP contribution >= 0.6 is 22.9 Å². The summed E-state index contributed by atoms with van der Waals surface area (Å²) in [6.45, 7) is 5.96. The molecule has 1 atom stereocenters. The van der Waals surface area contributed by atoms with E-state index in [2.05, 4.69) is 41.8 Å². The van der Waals surface area contributed by atoms with Gasteiger partial charge in [0, 0.05) is 17.8 Å². The third-order valence-corrected chi connectivity index (χ3v) is 4.09. The van der Waals surface area contributed by atoms with E-state index in [1.165, 1.54) is 4.88 Å². The van der Waals surface area contributed by atoms with Gasteiger partial charge in [-0.15, -0.1) is 11.3 Å². The second-order valence-electron chi connectivity index (χ2n) is 4.09. The van der Waals surface area contributed by atoms with Gasteiger partial charge >= 0.3 is 0 Å². The monoisotopic (exact) mass is 283 g/mol. The minimum atomic E-state index is 0.226. The number of aryl methyl sites for hydroxylation is 1. The van der Waals surface area contributed by atoms with Crippen LogP contribution in [-0.4, -0.2) is 16.3 Å². The Balaban J connectivity index is 2.25. The number of hydrogen-bond donors (Lipinski definition) is 1. The first-order valence-corrected chi connectivity index (χ1v) is 7.49. The minimum Gasteiger partial charge on any atom is -0.309 e. The van der Waals surface area contributed by atoms with E-state index in [-0.39, 0.29) is 6.04 Å². The predicted octanol–water partition coefficient (Wildman–Crippen LogP) is 3.51. The standard InChI is InChI=1S/C13H18ClN3S/c1-3-15-12(8-10-6-5-7-18-10)13-11(14)9-16-17(13)4-2/h5-7,9,12,15H,3-4,8H2,1-2H3. The van der Waals surface area contributed by atoms with Crippen molar-refractivity contribution in [3.05, 3.63) is 39.3 Å². The summed E-state index contributed by atoms with van der Waals surface area (Å²) in [6.07, 6.45) is 2.69. The van der Waals surface area contributed by atoms with Gasteiger partial charge < -0.3 is 5.32 Å². The summed E-state index contributed by atoms with van der Waals surface area (Å²) in [7, 11) is 0. The summed E-state index contributed by atoms with van der Waals surface area (Å²) in [4.78, 5) is 1.36. The zero-order valence-corrected chi connectivity index (χ0v) is 12.3. The van der Waals surface area contributed by atoms with Gasteiger partial charge in [-0.3, -0.25) is 4.68 Å². The maximum Gasteiger partial charge on any atom is 0.0834 e. The Bertz CT molecular complexity index is 478. The van der Waals surface area contributed by atoms with Crippen LogP contribution in [0.15, 0.2) is 23.7 Å². The molecule has 2 aromatic rings. The summed E-state index contributed by atoms with van der Waals surface area (Å²) < 4.78 is 1.98. The molecule has 18 heavy (non-hydrogen) atoms. The average Bonchev–Trinajstić information content (AvgIpc) is 2.98. The van der Waals surface area contributed by atoms with Crippen LogP contribution in [0, 0.1) is 0 Å². The number of nitrogens with one attached hydrogen (secondary N) is 1. The maximum absolute atomic E-state index is 6.27. The molecule has 1 unspecified atom stereocenters. The van der Waals surface area contributed by atoms with E-state index in [9.17, 15) is 0 Å². The topological polar surface area (TPSA) is 29.9 Å². The average molecular weight is 284 g/mol. The highest BCUT2D eigenvalue weighted by Gasteiger charge is 2.19. The Morgan fingerprint density at radius 2 is 2.33 bits per heavy atom. The van der Waals surface area contributed by atoms with Gasteiger partial charge in [0.2, 0.25) is 0 Å². The molecule has 5 heteroatoms. The van der Waals surface area contributed by atoms with Crippen molar-refractivity contribution in [1.82, 2.24) is 15.1 Å². The number of hydrogen-bond acceptors (Lipinski definition) is 3. The van der Waals surface area contributed by atoms with Crippen LogP contribution in [0.2, 0.25) is 5.02 Å². The van der Waals surface area contributed by atoms with Gasteiger partial charge in [-0.2, -0.15) is 5.10 Å². The fraction of sp³-hybridized carbons (Fsp3) is 0.462. The Kier molecular flexibility index (Phi) is 4.80. The van der Waals surface area contributed by atoms with Crippen molar-refractivity contribution in [3.63, 3.8) is 0 Å². The number of aromatic nitrogens is 2. The molecule has 2 heterocycles. The predicted molar refractivity (Wildman–Crippen MR) is 77.4 cm³/mol. The molecule has 0 amide bonds. The fourth-order valence-electron chi connectivity index (χ4n) is 2.11. The molecule has 2 aromatic heterocycles. The molecule has 0 fully saturated rings. The zero-order valence-electron chi connectivity index (χ0n) is 10.7. The summed E-state index contributed by atoms with van der Waals surface area (Å²) >= 11 is 8.06. The molecule has 3 nitrogen and oxygen atoms in total. The Hall–Kier alpha value is -0.840. The lowest BCUT2D eigenvalue weighted by atomic mass is 10.1. The van der Waals surface area contributed by atoms with Crippen LogP contribution in [0.1, 0.15) is 30.5 Å². The van der Waals surface area contributed by atoms with Crippen molar-refractivity contribution >= 4 is 22.9 Å². The molecular formula is C13H18ClN3S. The van der Waals surface area contributed by atoms with Crippen molar-refractivity contribution in [2.45, 2.75) is 32.9 Å². The molecule has 0 saturated heterocycles. The molecule has 0 aliphatic carbocycles. The Morgan fingerprint density at radius 1 is 1.50 bits per heavy atom. The summed E-state index contributed by atoms with van der Waals surface area (Å²) in [5, 5.41) is 10.7. The molecule has 0 aromatic carbocycles. The van der Waals surface area contributed by atoms with Gasteiger partial charge in [0.15, 0.2) is 0 Å². The van der Waals surface area contributed by atoms with Gasteiger partial charge in [-0.25, -0.2) is 0 Å². The first kappa shape index (κ1) is 13.6. The van der Waals surface area contributed by atoms with Crippen molar-refractivity contribution in [2.24, 2.45) is 0 Å². The van der Waals surface area contributed by atoms with E-state index >= 15 is 0 Å². The molecule has 98 valence electrons. The van der Waals surface area contributed by atoms with Gasteiger partial charge in [0.05, 0.1) is 23.0 Å². The lowest BCUT2D eigenvalue weighted by Gasteiger charge is -2.19. The SMILES string of the molecule is CCNC(Cc1cccs1)c1c(Cl)cnn1CC. The number of halogens is 1. The Morgan fingerprint density at radius 3 is 2.94 bits per heavy atom. The van der Waals surface area contributed by atoms with Crippen LogP contribution in [0.3, 0.4) is 0 Å². The molecule has 0 saturated carbocycles. The third kappa shape index (κ3) is 2.94. The zero-order chi connectivity index (χ0) is 13.0. The van der Waals surface area contributed by atoms with Gasteiger partial charge in [-0.05, 0) is 24.9 Å². The van der Waals surface area contributed by atoms with Crippen LogP contribution in [0.25, 0.3) is 0 Å². The summed E-state index contributed by atoms with van der Waals surface area (Å²) in [5.41, 5.74) is 1.09. The quantitative estimate of drug-likeness (QED) is 0.879. The van der Waals surface area contributed by atoms with E-state index in [4.69, 9.17) is 11.6 Å². The molecule has 1 N–H and O–H groups in total. The molecule has 0 bridgehead atoms. The van der Waals surface area contributed by atoms with Crippen molar-refractivity contribution in [2.75, 3.05) is 6.54 Å². The first-order chi connectivity index (χ1) is 8.76. The lowest BCUT2D eigenvalue weighted by Crippen LogP contribution is -2.25. The summed E-state index contributed by atoms with van der Waals surface area (Å²) in [5.74, 6) is 0. The van der Waals surface area contributed by atoms with Crippen molar-refractivity contribution < 1.29 is 0 Å². The van der Waals surface area contributed by atoms with E-state index in [1.807, 2.05) is 4.68 Å². The highest BCUT2D eigenvalue weighted by Crippen LogP contribution is 2.27. The van der Waals surface area contributed by atoms with E-state index in [0.717, 1.165) is 30.2 Å². The van der Waals surface area contributed by atoms with E-state index < -0.39 is 0 Å². The van der Waals surface area contributed by atoms with Crippen molar-refractivity contribution in [3.8, 4) is 0 Å². The van der Waals surface area contributed by atoms with Gasteiger partial charge in [0.25, 0.3) is 0 Å². The third-order valence-electron chi connectivity index (χ3n) is 2.90. The number of rotatable bonds is 6. The molecule has 2 rings (SSSR count). The van der Waals surface area contributed by atoms with Crippen LogP contribution < -0.4 is 5.32 Å². The first-order valence-electron chi connectivity index (χ1n) is 6.23. The highest BCUT2D eigenvalue weighted by molar-refractivity contribution is 7.09. The van der Waals surface area contributed by atoms with Crippen molar-refractivity contribution in [1.29, 1.82) is 0 Å². The smallest absolute Gasteiger partial charge is 0.0834 e. The minimum absolute atomic E-state index is 0.226. The number of nitrogens with zero attached hydrogens (tertiary/aromatic N) is 2. The fourth-order valence-corrected chi connectivity index (χ4v) is 3.14. The molecule has 0 radical (unpaired) electrons. The van der Waals surface area contributed by atoms with Gasteiger partial charge in [-0.1, -0.05) is 24.6 Å². The molecular weight excluding hydrogens is 266 g/mol. The molecule has 0 aliphatic heterocycles. The number of likely N-dealkylation sites (N-methyl/N-ethyl adjacent to an activating group) is 1. The second-order valence-corrected chi connectivity index (χ2v) is 5.53. The van der Waals surface area contributed by atoms with Crippen LogP contribution in [0.4, 0.5) is 0 Å². The van der Waals surface area contributed by atoms with Crippen LogP contribution in [-0.2, 0) is 13.0 Å². The maximum atomic E-state index is 6.27. The van der Waals surface area contributed by atoms with Gasteiger partial charge in [0.1, 0.15) is 0 Å². The second kappa shape index (κ2) is 6.36. The van der Waals surface area contributed by atoms with Crippen LogP contribution in [0.5, 0.6) is 0 Å². The largest absolute Gasteiger partial charge is 0.309 e. The lowest BCUT2D eigenvalue weighted by molar-refractivity contribution is 0.493. The molecule has 0 spiro atoms. The van der Waals surface area contributed by atoms with E-state index in [1.54, 1.807) is 17.5 Å². The normalized spacial score (nSPS) is 12.8. The highest BCUT2D eigenvalue weighted by atomic mass is 35.5. The summed E-state index contributed by atoms with van der Waals surface area (Å²) in [6, 6.07) is 4.47. The Labute approximate surface area is 117 Å². The molecule has 0 aliphatic rings. The number of thiophene rings is 1.